The molecule has 1 N–H and O–H groups in total. The summed E-state index contributed by atoms with van der Waals surface area (Å²) in [6, 6.07) is 4.22. The zero-order valence-electron chi connectivity index (χ0n) is 11.9. The van der Waals surface area contributed by atoms with Crippen molar-refractivity contribution in [1.29, 1.82) is 0 Å². The molecule has 1 saturated heterocycles. The van der Waals surface area contributed by atoms with Gasteiger partial charge >= 0.3 is 0 Å². The Kier molecular flexibility index (Phi) is 3.85. The molecule has 3 nitrogen and oxygen atoms in total. The molecule has 1 unspecified atom stereocenters. The third-order valence-corrected chi connectivity index (χ3v) is 4.65. The minimum Gasteiger partial charge on any atom is -0.310 e. The molecule has 2 fully saturated rings. The highest BCUT2D eigenvalue weighted by molar-refractivity contribution is 5.09. The van der Waals surface area contributed by atoms with Crippen LogP contribution >= 0.6 is 0 Å². The van der Waals surface area contributed by atoms with Crippen molar-refractivity contribution in [3.05, 3.63) is 30.1 Å². The molecule has 1 saturated carbocycles. The van der Waals surface area contributed by atoms with Crippen LogP contribution in [0, 0.1) is 5.92 Å². The number of nitrogens with zero attached hydrogens (tertiary/aromatic N) is 2. The number of hydrogen-bond acceptors (Lipinski definition) is 3. The Morgan fingerprint density at radius 1 is 1.47 bits per heavy atom. The highest BCUT2D eigenvalue weighted by Gasteiger charge is 2.42. The number of rotatable bonds is 4. The molecule has 104 valence electrons. The Bertz CT molecular complexity index is 402. The molecule has 2 aliphatic rings. The number of pyridine rings is 1. The van der Waals surface area contributed by atoms with Crippen LogP contribution in [-0.4, -0.2) is 41.6 Å². The van der Waals surface area contributed by atoms with Crippen LogP contribution in [0.15, 0.2) is 24.5 Å². The standard InChI is InChI=1S/C16H25N3/c1-16(15-5-6-15)13-19(10-3-9-18-16)11-7-14-4-2-8-17-12-14/h2,4,8,12,15,18H,3,5-7,9-11,13H2,1H3. The molecule has 3 heteroatoms. The SMILES string of the molecule is CC1(C2CC2)CN(CCc2cccnc2)CCCN1. The van der Waals surface area contributed by atoms with Crippen LogP contribution in [0.2, 0.25) is 0 Å². The minimum atomic E-state index is 0.353. The average molecular weight is 259 g/mol. The summed E-state index contributed by atoms with van der Waals surface area (Å²) >= 11 is 0. The smallest absolute Gasteiger partial charge is 0.0308 e. The highest BCUT2D eigenvalue weighted by Crippen LogP contribution is 2.40. The Hall–Kier alpha value is -0.930. The van der Waals surface area contributed by atoms with Gasteiger partial charge in [0, 0.05) is 31.0 Å². The fourth-order valence-electron chi connectivity index (χ4n) is 3.29. The summed E-state index contributed by atoms with van der Waals surface area (Å²) in [6.45, 7) is 7.20. The van der Waals surface area contributed by atoms with Crippen molar-refractivity contribution in [1.82, 2.24) is 15.2 Å². The Labute approximate surface area is 116 Å². The zero-order chi connectivity index (χ0) is 13.1. The van der Waals surface area contributed by atoms with Crippen LogP contribution < -0.4 is 5.32 Å². The molecule has 0 aromatic carbocycles. The van der Waals surface area contributed by atoms with Gasteiger partial charge < -0.3 is 10.2 Å². The van der Waals surface area contributed by atoms with Gasteiger partial charge in [0.05, 0.1) is 0 Å². The van der Waals surface area contributed by atoms with Crippen LogP contribution in [0.1, 0.15) is 31.7 Å². The number of aromatic nitrogens is 1. The molecule has 2 heterocycles. The van der Waals surface area contributed by atoms with Gasteiger partial charge in [0.15, 0.2) is 0 Å². The van der Waals surface area contributed by atoms with E-state index in [1.54, 1.807) is 0 Å². The summed E-state index contributed by atoms with van der Waals surface area (Å²) in [4.78, 5) is 6.85. The van der Waals surface area contributed by atoms with Crippen LogP contribution in [-0.2, 0) is 6.42 Å². The van der Waals surface area contributed by atoms with Crippen molar-refractivity contribution >= 4 is 0 Å². The molecule has 3 rings (SSSR count). The lowest BCUT2D eigenvalue weighted by Gasteiger charge is -2.34. The molecule has 0 bridgehead atoms. The molecule has 1 aromatic rings. The van der Waals surface area contributed by atoms with Gasteiger partial charge in [0.2, 0.25) is 0 Å². The fourth-order valence-corrected chi connectivity index (χ4v) is 3.29. The van der Waals surface area contributed by atoms with Gasteiger partial charge in [-0.2, -0.15) is 0 Å². The van der Waals surface area contributed by atoms with Gasteiger partial charge in [-0.05, 0) is 63.2 Å². The second-order valence-electron chi connectivity index (χ2n) is 6.36. The zero-order valence-corrected chi connectivity index (χ0v) is 11.9. The molecular formula is C16H25N3. The molecule has 1 atom stereocenters. The molecule has 0 amide bonds. The maximum atomic E-state index is 4.20. The van der Waals surface area contributed by atoms with E-state index in [0.717, 1.165) is 18.9 Å². The average Bonchev–Trinajstić information content (AvgIpc) is 3.25. The molecule has 1 aromatic heterocycles. The summed E-state index contributed by atoms with van der Waals surface area (Å²) in [6.07, 6.45) is 9.07. The first-order valence-electron chi connectivity index (χ1n) is 7.62. The van der Waals surface area contributed by atoms with Crippen molar-refractivity contribution < 1.29 is 0 Å². The molecule has 1 aliphatic heterocycles. The topological polar surface area (TPSA) is 28.2 Å². The largest absolute Gasteiger partial charge is 0.310 e. The first-order valence-corrected chi connectivity index (χ1v) is 7.62. The quantitative estimate of drug-likeness (QED) is 0.897. The van der Waals surface area contributed by atoms with Crippen LogP contribution in [0.4, 0.5) is 0 Å². The van der Waals surface area contributed by atoms with Gasteiger partial charge in [-0.3, -0.25) is 4.98 Å². The van der Waals surface area contributed by atoms with Crippen molar-refractivity contribution in [2.75, 3.05) is 26.2 Å². The third kappa shape index (κ3) is 3.34. The fraction of sp³-hybridized carbons (Fsp3) is 0.688. The Morgan fingerprint density at radius 2 is 2.37 bits per heavy atom. The predicted molar refractivity (Wildman–Crippen MR) is 78.1 cm³/mol. The van der Waals surface area contributed by atoms with E-state index in [1.165, 1.54) is 44.5 Å². The van der Waals surface area contributed by atoms with Crippen molar-refractivity contribution in [2.24, 2.45) is 5.92 Å². The van der Waals surface area contributed by atoms with E-state index in [0.29, 0.717) is 5.54 Å². The first kappa shape index (κ1) is 13.1. The van der Waals surface area contributed by atoms with E-state index < -0.39 is 0 Å². The lowest BCUT2D eigenvalue weighted by molar-refractivity contribution is 0.203. The Balaban J connectivity index is 1.57. The summed E-state index contributed by atoms with van der Waals surface area (Å²) in [5, 5.41) is 3.79. The monoisotopic (exact) mass is 259 g/mol. The van der Waals surface area contributed by atoms with E-state index in [2.05, 4.69) is 28.2 Å². The van der Waals surface area contributed by atoms with Crippen molar-refractivity contribution in [3.63, 3.8) is 0 Å². The highest BCUT2D eigenvalue weighted by atomic mass is 15.2. The minimum absolute atomic E-state index is 0.353. The maximum absolute atomic E-state index is 4.20. The summed E-state index contributed by atoms with van der Waals surface area (Å²) in [7, 11) is 0. The third-order valence-electron chi connectivity index (χ3n) is 4.65. The van der Waals surface area contributed by atoms with Crippen molar-refractivity contribution in [3.8, 4) is 0 Å². The normalized spacial score (nSPS) is 29.1. The van der Waals surface area contributed by atoms with E-state index in [4.69, 9.17) is 0 Å². The molecule has 1 aliphatic carbocycles. The van der Waals surface area contributed by atoms with E-state index in [9.17, 15) is 0 Å². The lowest BCUT2D eigenvalue weighted by atomic mass is 9.95. The van der Waals surface area contributed by atoms with Crippen molar-refractivity contribution in [2.45, 2.75) is 38.1 Å². The lowest BCUT2D eigenvalue weighted by Crippen LogP contribution is -2.51. The molecule has 19 heavy (non-hydrogen) atoms. The van der Waals surface area contributed by atoms with E-state index >= 15 is 0 Å². The first-order chi connectivity index (χ1) is 9.26. The molecule has 0 spiro atoms. The van der Waals surface area contributed by atoms with E-state index in [1.807, 2.05) is 18.5 Å². The van der Waals surface area contributed by atoms with Gasteiger partial charge in [-0.1, -0.05) is 6.07 Å². The Morgan fingerprint density at radius 3 is 3.11 bits per heavy atom. The van der Waals surface area contributed by atoms with Gasteiger partial charge in [0.1, 0.15) is 0 Å². The second-order valence-corrected chi connectivity index (χ2v) is 6.36. The van der Waals surface area contributed by atoms with Gasteiger partial charge in [-0.15, -0.1) is 0 Å². The maximum Gasteiger partial charge on any atom is 0.0308 e. The number of hydrogen-bond donors (Lipinski definition) is 1. The van der Waals surface area contributed by atoms with Gasteiger partial charge in [0.25, 0.3) is 0 Å². The van der Waals surface area contributed by atoms with Crippen LogP contribution in [0.25, 0.3) is 0 Å². The predicted octanol–water partition coefficient (Wildman–Crippen LogP) is 2.09. The summed E-state index contributed by atoms with van der Waals surface area (Å²) < 4.78 is 0. The molecule has 0 radical (unpaired) electrons. The molecular weight excluding hydrogens is 234 g/mol. The van der Waals surface area contributed by atoms with Gasteiger partial charge in [-0.25, -0.2) is 0 Å². The summed E-state index contributed by atoms with van der Waals surface area (Å²) in [5.41, 5.74) is 1.71. The van der Waals surface area contributed by atoms with E-state index in [-0.39, 0.29) is 0 Å². The van der Waals surface area contributed by atoms with Crippen LogP contribution in [0.5, 0.6) is 0 Å². The second kappa shape index (κ2) is 5.59. The number of nitrogens with one attached hydrogen (secondary N) is 1. The summed E-state index contributed by atoms with van der Waals surface area (Å²) in [5.74, 6) is 0.909. The van der Waals surface area contributed by atoms with Crippen LogP contribution in [0.3, 0.4) is 0 Å².